The molecule has 0 fully saturated rings. The summed E-state index contributed by atoms with van der Waals surface area (Å²) >= 11 is 0. The largest absolute Gasteiger partial charge is 0.456 e. The van der Waals surface area contributed by atoms with Crippen molar-refractivity contribution in [3.8, 4) is 45.3 Å². The first-order valence-electron chi connectivity index (χ1n) is 18.8. The highest BCUT2D eigenvalue weighted by molar-refractivity contribution is 6.23. The third-order valence-electron chi connectivity index (χ3n) is 11.1. The van der Waals surface area contributed by atoms with Crippen LogP contribution in [-0.2, 0) is 0 Å². The average Bonchev–Trinajstić information content (AvgIpc) is 3.84. The van der Waals surface area contributed by atoms with Crippen LogP contribution in [0.25, 0.3) is 121 Å². The second-order valence-corrected chi connectivity index (χ2v) is 14.4. The third kappa shape index (κ3) is 4.78. The van der Waals surface area contributed by atoms with Crippen molar-refractivity contribution < 1.29 is 8.83 Å². The lowest BCUT2D eigenvalue weighted by Gasteiger charge is -2.12. The van der Waals surface area contributed by atoms with Crippen molar-refractivity contribution in [2.24, 2.45) is 0 Å². The van der Waals surface area contributed by atoms with E-state index in [9.17, 15) is 0 Å². The van der Waals surface area contributed by atoms with Gasteiger partial charge in [-0.25, -0.2) is 15.0 Å². The number of aromatic nitrogens is 3. The van der Waals surface area contributed by atoms with E-state index in [0.29, 0.717) is 17.5 Å². The molecule has 0 radical (unpaired) electrons. The van der Waals surface area contributed by atoms with Gasteiger partial charge in [0.1, 0.15) is 22.3 Å². The summed E-state index contributed by atoms with van der Waals surface area (Å²) in [7, 11) is 0. The Balaban J connectivity index is 1.20. The molecule has 0 spiro atoms. The van der Waals surface area contributed by atoms with Crippen molar-refractivity contribution >= 4 is 76.2 Å². The molecular weight excluding hydrogens is 687 g/mol. The van der Waals surface area contributed by atoms with E-state index in [2.05, 4.69) is 146 Å². The first-order valence-corrected chi connectivity index (χ1v) is 18.8. The summed E-state index contributed by atoms with van der Waals surface area (Å²) in [5.41, 5.74) is 7.94. The molecule has 0 bridgehead atoms. The summed E-state index contributed by atoms with van der Waals surface area (Å²) in [6.45, 7) is 0. The normalized spacial score (nSPS) is 11.9. The van der Waals surface area contributed by atoms with Crippen LogP contribution < -0.4 is 0 Å². The first-order chi connectivity index (χ1) is 27.7. The Morgan fingerprint density at radius 1 is 0.286 bits per heavy atom. The van der Waals surface area contributed by atoms with E-state index in [1.165, 1.54) is 10.8 Å². The van der Waals surface area contributed by atoms with E-state index in [-0.39, 0.29) is 0 Å². The zero-order valence-corrected chi connectivity index (χ0v) is 29.9. The Hall–Kier alpha value is -7.63. The van der Waals surface area contributed by atoms with Gasteiger partial charge in [0.05, 0.1) is 0 Å². The van der Waals surface area contributed by atoms with Gasteiger partial charge in [-0.2, -0.15) is 0 Å². The second kappa shape index (κ2) is 11.9. The zero-order chi connectivity index (χ0) is 36.7. The lowest BCUT2D eigenvalue weighted by Crippen LogP contribution is -2.01. The summed E-state index contributed by atoms with van der Waals surface area (Å²) in [4.78, 5) is 16.0. The Kier molecular flexibility index (Phi) is 6.56. The highest BCUT2D eigenvalue weighted by Gasteiger charge is 2.23. The molecule has 5 heteroatoms. The number of furan rings is 2. The summed E-state index contributed by atoms with van der Waals surface area (Å²) < 4.78 is 13.1. The Morgan fingerprint density at radius 2 is 0.857 bits per heavy atom. The van der Waals surface area contributed by atoms with E-state index < -0.39 is 0 Å². The number of nitrogens with zero attached hydrogens (tertiary/aromatic N) is 3. The van der Waals surface area contributed by atoms with Crippen LogP contribution in [0.4, 0.5) is 0 Å². The molecule has 56 heavy (non-hydrogen) atoms. The number of hydrogen-bond donors (Lipinski definition) is 0. The molecule has 0 unspecified atom stereocenters. The van der Waals surface area contributed by atoms with E-state index in [1.54, 1.807) is 0 Å². The van der Waals surface area contributed by atoms with Crippen LogP contribution >= 0.6 is 0 Å². The van der Waals surface area contributed by atoms with E-state index in [1.807, 2.05) is 30.3 Å². The molecule has 9 aromatic carbocycles. The SMILES string of the molecule is c1ccc2cc(-c3cc(-c4nc(-c5ccc6ccccc6c5)nc(-c5cccc6oc7ccccc7c56)n4)c4c(c3)oc3ccc5ccccc5c34)ccc2c1. The Labute approximate surface area is 320 Å². The van der Waals surface area contributed by atoms with Crippen molar-refractivity contribution in [1.29, 1.82) is 0 Å². The number of benzene rings is 9. The molecule has 0 atom stereocenters. The van der Waals surface area contributed by atoms with E-state index >= 15 is 0 Å². The lowest BCUT2D eigenvalue weighted by atomic mass is 9.95. The van der Waals surface area contributed by atoms with Crippen molar-refractivity contribution in [2.45, 2.75) is 0 Å². The predicted octanol–water partition coefficient (Wildman–Crippen LogP) is 13.8. The zero-order valence-electron chi connectivity index (χ0n) is 29.9. The van der Waals surface area contributed by atoms with Gasteiger partial charge in [0.2, 0.25) is 0 Å². The molecule has 260 valence electrons. The van der Waals surface area contributed by atoms with Crippen LogP contribution in [0.3, 0.4) is 0 Å². The molecule has 0 N–H and O–H groups in total. The molecule has 12 rings (SSSR count). The summed E-state index contributed by atoms with van der Waals surface area (Å²) in [6.07, 6.45) is 0. The minimum Gasteiger partial charge on any atom is -0.456 e. The molecule has 0 saturated heterocycles. The summed E-state index contributed by atoms with van der Waals surface area (Å²) in [5.74, 6) is 1.71. The quantitative estimate of drug-likeness (QED) is 0.181. The highest BCUT2D eigenvalue weighted by atomic mass is 16.3. The molecule has 0 amide bonds. The maximum Gasteiger partial charge on any atom is 0.164 e. The van der Waals surface area contributed by atoms with Crippen molar-refractivity contribution in [1.82, 2.24) is 15.0 Å². The monoisotopic (exact) mass is 715 g/mol. The van der Waals surface area contributed by atoms with Crippen LogP contribution in [0.5, 0.6) is 0 Å². The fourth-order valence-electron chi connectivity index (χ4n) is 8.41. The van der Waals surface area contributed by atoms with Crippen molar-refractivity contribution in [3.63, 3.8) is 0 Å². The third-order valence-corrected chi connectivity index (χ3v) is 11.1. The number of fused-ring (bicyclic) bond motifs is 10. The number of para-hydroxylation sites is 1. The second-order valence-electron chi connectivity index (χ2n) is 14.4. The van der Waals surface area contributed by atoms with Crippen LogP contribution in [-0.4, -0.2) is 15.0 Å². The minimum absolute atomic E-state index is 0.561. The first kappa shape index (κ1) is 30.8. The van der Waals surface area contributed by atoms with Crippen molar-refractivity contribution in [2.75, 3.05) is 0 Å². The van der Waals surface area contributed by atoms with Gasteiger partial charge < -0.3 is 8.83 Å². The molecule has 5 nitrogen and oxygen atoms in total. The van der Waals surface area contributed by atoms with Crippen LogP contribution in [0, 0.1) is 0 Å². The molecule has 0 saturated carbocycles. The predicted molar refractivity (Wildman–Crippen MR) is 229 cm³/mol. The molecule has 0 aliphatic heterocycles. The van der Waals surface area contributed by atoms with Gasteiger partial charge in [-0.05, 0) is 85.9 Å². The van der Waals surface area contributed by atoms with Gasteiger partial charge >= 0.3 is 0 Å². The number of hydrogen-bond acceptors (Lipinski definition) is 5. The number of rotatable bonds is 4. The minimum atomic E-state index is 0.561. The highest BCUT2D eigenvalue weighted by Crippen LogP contribution is 2.43. The molecule has 0 aliphatic carbocycles. The Bertz CT molecular complexity index is 3560. The van der Waals surface area contributed by atoms with E-state index in [0.717, 1.165) is 93.2 Å². The van der Waals surface area contributed by atoms with Crippen LogP contribution in [0.1, 0.15) is 0 Å². The molecule has 12 aromatic rings. The molecule has 3 aromatic heterocycles. The van der Waals surface area contributed by atoms with Gasteiger partial charge in [-0.3, -0.25) is 0 Å². The fraction of sp³-hybridized carbons (Fsp3) is 0. The molecular formula is C51H29N3O2. The molecule has 0 aliphatic rings. The summed E-state index contributed by atoms with van der Waals surface area (Å²) in [6, 6.07) is 61.0. The van der Waals surface area contributed by atoms with Gasteiger partial charge in [0, 0.05) is 38.2 Å². The van der Waals surface area contributed by atoms with Gasteiger partial charge in [-0.1, -0.05) is 133 Å². The van der Waals surface area contributed by atoms with Gasteiger partial charge in [0.15, 0.2) is 17.5 Å². The Morgan fingerprint density at radius 3 is 1.66 bits per heavy atom. The smallest absolute Gasteiger partial charge is 0.164 e. The topological polar surface area (TPSA) is 65.0 Å². The van der Waals surface area contributed by atoms with Gasteiger partial charge in [-0.15, -0.1) is 0 Å². The van der Waals surface area contributed by atoms with E-state index in [4.69, 9.17) is 23.8 Å². The lowest BCUT2D eigenvalue weighted by molar-refractivity contribution is 0.669. The fourth-order valence-corrected chi connectivity index (χ4v) is 8.41. The van der Waals surface area contributed by atoms with Crippen LogP contribution in [0.2, 0.25) is 0 Å². The average molecular weight is 716 g/mol. The maximum absolute atomic E-state index is 6.76. The maximum atomic E-state index is 6.76. The van der Waals surface area contributed by atoms with Gasteiger partial charge in [0.25, 0.3) is 0 Å². The van der Waals surface area contributed by atoms with Crippen molar-refractivity contribution in [3.05, 3.63) is 176 Å². The molecule has 3 heterocycles. The standard InChI is InChI=1S/C51H29N3O2/c1-3-13-33-26-35(22-20-30(33)10-1)37-28-41(48-45(29-37)56-44-25-24-32-12-5-6-15-38(32)47(44)48)51-53-49(36-23-21-31-11-2-4-14-34(31)27-36)52-50(54-51)40-17-9-19-43-46(40)39-16-7-8-18-42(39)55-43/h1-29H. The summed E-state index contributed by atoms with van der Waals surface area (Å²) in [5, 5.41) is 10.9. The van der Waals surface area contributed by atoms with Crippen LogP contribution in [0.15, 0.2) is 185 Å².